The van der Waals surface area contributed by atoms with Crippen LogP contribution in [-0.2, 0) is 4.79 Å². The van der Waals surface area contributed by atoms with E-state index in [9.17, 15) is 4.79 Å². The first-order chi connectivity index (χ1) is 5.72. The number of rotatable bonds is 5. The van der Waals surface area contributed by atoms with Crippen molar-refractivity contribution in [1.29, 1.82) is 0 Å². The van der Waals surface area contributed by atoms with Crippen molar-refractivity contribution in [2.24, 2.45) is 16.5 Å². The van der Waals surface area contributed by atoms with E-state index in [1.807, 2.05) is 5.16 Å². The van der Waals surface area contributed by atoms with Gasteiger partial charge in [0.05, 0.1) is 11.2 Å². The molecule has 0 saturated carbocycles. The lowest BCUT2D eigenvalue weighted by Crippen LogP contribution is -2.28. The molecule has 4 N–H and O–H groups in total. The van der Waals surface area contributed by atoms with E-state index in [1.165, 1.54) is 0 Å². The van der Waals surface area contributed by atoms with Gasteiger partial charge in [0.1, 0.15) is 0 Å². The molecule has 0 heterocycles. The Kier molecular flexibility index (Phi) is 6.70. The number of isothiocyanates is 1. The minimum absolute atomic E-state index is 0.401. The zero-order valence-corrected chi connectivity index (χ0v) is 7.64. The number of hydrogen-bond acceptors (Lipinski definition) is 4. The van der Waals surface area contributed by atoms with Gasteiger partial charge in [-0.1, -0.05) is 6.42 Å². The number of nitrogens with two attached hydrogens (primary N) is 2. The van der Waals surface area contributed by atoms with E-state index in [0.717, 1.165) is 12.8 Å². The lowest BCUT2D eigenvalue weighted by atomic mass is 10.1. The molecule has 1 atom stereocenters. The predicted molar refractivity (Wildman–Crippen MR) is 50.9 cm³/mol. The molecule has 0 spiro atoms. The normalized spacial score (nSPS) is 11.8. The molecule has 0 aromatic heterocycles. The third-order valence-corrected chi connectivity index (χ3v) is 1.53. The van der Waals surface area contributed by atoms with Crippen molar-refractivity contribution in [1.82, 2.24) is 0 Å². The van der Waals surface area contributed by atoms with Crippen LogP contribution in [0.5, 0.6) is 0 Å². The summed E-state index contributed by atoms with van der Waals surface area (Å²) in [4.78, 5) is 14.2. The van der Waals surface area contributed by atoms with E-state index < -0.39 is 11.9 Å². The van der Waals surface area contributed by atoms with Crippen LogP contribution in [0.2, 0.25) is 0 Å². The van der Waals surface area contributed by atoms with Gasteiger partial charge < -0.3 is 11.5 Å². The van der Waals surface area contributed by atoms with Gasteiger partial charge >= 0.3 is 0 Å². The van der Waals surface area contributed by atoms with Gasteiger partial charge in [-0.25, -0.2) is 0 Å². The lowest BCUT2D eigenvalue weighted by molar-refractivity contribution is -0.119. The average Bonchev–Trinajstić information content (AvgIpc) is 2.05. The molecule has 0 radical (unpaired) electrons. The second-order valence-corrected chi connectivity index (χ2v) is 2.61. The van der Waals surface area contributed by atoms with Crippen molar-refractivity contribution in [2.75, 3.05) is 6.54 Å². The van der Waals surface area contributed by atoms with Crippen molar-refractivity contribution in [3.05, 3.63) is 0 Å². The number of carbonyl (C=O) groups excluding carboxylic acids is 1. The van der Waals surface area contributed by atoms with Gasteiger partial charge in [0.15, 0.2) is 0 Å². The maximum Gasteiger partial charge on any atom is 0.271 e. The molecule has 5 heteroatoms. The van der Waals surface area contributed by atoms with Crippen LogP contribution in [0.4, 0.5) is 0 Å². The molecule has 12 heavy (non-hydrogen) atoms. The molecule has 0 aromatic rings. The zero-order chi connectivity index (χ0) is 9.40. The molecular weight excluding hydrogens is 174 g/mol. The predicted octanol–water partition coefficient (Wildman–Crippen LogP) is 0.0721. The highest BCUT2D eigenvalue weighted by molar-refractivity contribution is 7.78. The van der Waals surface area contributed by atoms with Crippen LogP contribution < -0.4 is 11.5 Å². The third-order valence-electron chi connectivity index (χ3n) is 1.44. The van der Waals surface area contributed by atoms with Crippen LogP contribution in [0, 0.1) is 0 Å². The third kappa shape index (κ3) is 5.09. The van der Waals surface area contributed by atoms with Crippen molar-refractivity contribution in [2.45, 2.75) is 25.3 Å². The Bertz CT molecular complexity index is 189. The SMILES string of the molecule is NCCCCC(N)C(=O)N=C=S. The summed E-state index contributed by atoms with van der Waals surface area (Å²) in [5.74, 6) is -0.401. The van der Waals surface area contributed by atoms with E-state index >= 15 is 0 Å². The van der Waals surface area contributed by atoms with Gasteiger partial charge in [0.2, 0.25) is 0 Å². The Labute approximate surface area is 77.0 Å². The van der Waals surface area contributed by atoms with Crippen molar-refractivity contribution in [3.63, 3.8) is 0 Å². The number of amides is 1. The molecule has 0 rings (SSSR count). The van der Waals surface area contributed by atoms with Crippen LogP contribution in [0.15, 0.2) is 4.99 Å². The second kappa shape index (κ2) is 7.06. The minimum Gasteiger partial charge on any atom is -0.330 e. The van der Waals surface area contributed by atoms with E-state index in [0.29, 0.717) is 13.0 Å². The fourth-order valence-electron chi connectivity index (χ4n) is 0.760. The number of thiocarbonyl (C=S) groups is 1. The first-order valence-electron chi connectivity index (χ1n) is 3.79. The summed E-state index contributed by atoms with van der Waals surface area (Å²) in [6.07, 6.45) is 2.33. The molecule has 0 aliphatic carbocycles. The number of carbonyl (C=O) groups is 1. The Balaban J connectivity index is 3.63. The monoisotopic (exact) mass is 187 g/mol. The second-order valence-electron chi connectivity index (χ2n) is 2.43. The smallest absolute Gasteiger partial charge is 0.271 e. The van der Waals surface area contributed by atoms with Crippen molar-refractivity contribution >= 4 is 23.3 Å². The van der Waals surface area contributed by atoms with E-state index in [-0.39, 0.29) is 0 Å². The van der Waals surface area contributed by atoms with E-state index in [4.69, 9.17) is 11.5 Å². The van der Waals surface area contributed by atoms with E-state index in [2.05, 4.69) is 17.2 Å². The lowest BCUT2D eigenvalue weighted by Gasteiger charge is -2.04. The number of aliphatic imine (C=N–C) groups is 1. The van der Waals surface area contributed by atoms with Gasteiger partial charge in [-0.15, -0.1) is 0 Å². The maximum absolute atomic E-state index is 10.9. The van der Waals surface area contributed by atoms with Crippen LogP contribution >= 0.6 is 12.2 Å². The maximum atomic E-state index is 10.9. The van der Waals surface area contributed by atoms with Gasteiger partial charge in [0.25, 0.3) is 5.91 Å². The standard InChI is InChI=1S/C7H13N3OS/c8-4-2-1-3-6(9)7(11)10-5-12/h6H,1-4,8-9H2. The molecule has 0 fully saturated rings. The Morgan fingerprint density at radius 3 is 2.75 bits per heavy atom. The summed E-state index contributed by atoms with van der Waals surface area (Å²) >= 11 is 4.27. The highest BCUT2D eigenvalue weighted by Gasteiger charge is 2.10. The molecule has 0 aromatic carbocycles. The first-order valence-corrected chi connectivity index (χ1v) is 4.20. The molecule has 0 aliphatic rings. The Hall–Kier alpha value is -0.610. The van der Waals surface area contributed by atoms with Crippen molar-refractivity contribution < 1.29 is 4.79 Å². The quantitative estimate of drug-likeness (QED) is 0.362. The molecule has 0 bridgehead atoms. The summed E-state index contributed by atoms with van der Waals surface area (Å²) < 4.78 is 0. The van der Waals surface area contributed by atoms with Gasteiger partial charge in [-0.2, -0.15) is 4.99 Å². The van der Waals surface area contributed by atoms with Gasteiger partial charge in [0, 0.05) is 0 Å². The number of unbranched alkanes of at least 4 members (excludes halogenated alkanes) is 1. The van der Waals surface area contributed by atoms with E-state index in [1.54, 1.807) is 0 Å². The van der Waals surface area contributed by atoms with Crippen LogP contribution in [-0.4, -0.2) is 23.7 Å². The fraction of sp³-hybridized carbons (Fsp3) is 0.714. The zero-order valence-electron chi connectivity index (χ0n) is 6.82. The topological polar surface area (TPSA) is 81.5 Å². The molecule has 1 amide bonds. The van der Waals surface area contributed by atoms with Crippen molar-refractivity contribution in [3.8, 4) is 0 Å². The average molecular weight is 187 g/mol. The Morgan fingerprint density at radius 2 is 2.25 bits per heavy atom. The summed E-state index contributed by atoms with van der Waals surface area (Å²) in [7, 11) is 0. The first kappa shape index (κ1) is 11.4. The molecule has 4 nitrogen and oxygen atoms in total. The van der Waals surface area contributed by atoms with Crippen LogP contribution in [0.1, 0.15) is 19.3 Å². The summed E-state index contributed by atoms with van der Waals surface area (Å²) in [5.41, 5.74) is 10.7. The fourth-order valence-corrected chi connectivity index (χ4v) is 0.850. The molecule has 0 aliphatic heterocycles. The molecule has 1 unspecified atom stereocenters. The largest absolute Gasteiger partial charge is 0.330 e. The Morgan fingerprint density at radius 1 is 1.58 bits per heavy atom. The molecular formula is C7H13N3OS. The van der Waals surface area contributed by atoms with Crippen LogP contribution in [0.3, 0.4) is 0 Å². The number of nitrogens with zero attached hydrogens (tertiary/aromatic N) is 1. The minimum atomic E-state index is -0.549. The highest BCUT2D eigenvalue weighted by Crippen LogP contribution is 1.98. The van der Waals surface area contributed by atoms with Gasteiger partial charge in [-0.05, 0) is 31.6 Å². The number of hydrogen-bond donors (Lipinski definition) is 2. The van der Waals surface area contributed by atoms with Gasteiger partial charge in [-0.3, -0.25) is 4.79 Å². The molecule has 0 saturated heterocycles. The summed E-state index contributed by atoms with van der Waals surface area (Å²) in [6.45, 7) is 0.622. The highest BCUT2D eigenvalue weighted by atomic mass is 32.1. The summed E-state index contributed by atoms with van der Waals surface area (Å²) in [5, 5.41) is 1.99. The summed E-state index contributed by atoms with van der Waals surface area (Å²) in [6, 6.07) is -0.549. The van der Waals surface area contributed by atoms with Crippen LogP contribution in [0.25, 0.3) is 0 Å². The molecule has 68 valence electrons.